The Morgan fingerprint density at radius 1 is 1.32 bits per heavy atom. The van der Waals surface area contributed by atoms with E-state index in [1.165, 1.54) is 19.2 Å². The molecule has 4 nitrogen and oxygen atoms in total. The summed E-state index contributed by atoms with van der Waals surface area (Å²) < 4.78 is 5.55. The van der Waals surface area contributed by atoms with Crippen molar-refractivity contribution < 1.29 is 4.74 Å². The third kappa shape index (κ3) is 4.86. The average molecular weight is 284 g/mol. The molecule has 0 atom stereocenters. The van der Waals surface area contributed by atoms with E-state index in [4.69, 9.17) is 16.3 Å². The van der Waals surface area contributed by atoms with Gasteiger partial charge in [-0.05, 0) is 45.4 Å². The number of anilines is 1. The number of alkyl halides is 1. The third-order valence-electron chi connectivity index (χ3n) is 3.35. The van der Waals surface area contributed by atoms with Crippen molar-refractivity contribution in [3.05, 3.63) is 12.4 Å². The van der Waals surface area contributed by atoms with Gasteiger partial charge >= 0.3 is 0 Å². The van der Waals surface area contributed by atoms with Crippen molar-refractivity contribution in [2.45, 2.75) is 51.0 Å². The van der Waals surface area contributed by atoms with Crippen molar-refractivity contribution in [2.75, 3.05) is 11.9 Å². The van der Waals surface area contributed by atoms with Crippen molar-refractivity contribution in [2.24, 2.45) is 5.92 Å². The minimum absolute atomic E-state index is 0.127. The zero-order chi connectivity index (χ0) is 13.7. The van der Waals surface area contributed by atoms with Crippen LogP contribution in [0.25, 0.3) is 0 Å². The molecule has 0 bridgehead atoms. The maximum Gasteiger partial charge on any atom is 0.218 e. The summed E-state index contributed by atoms with van der Waals surface area (Å²) in [7, 11) is 0. The second-order valence-electron chi connectivity index (χ2n) is 5.41. The first kappa shape index (κ1) is 14.4. The molecule has 5 heteroatoms. The van der Waals surface area contributed by atoms with E-state index in [1.54, 1.807) is 0 Å². The van der Waals surface area contributed by atoms with E-state index in [-0.39, 0.29) is 6.10 Å². The summed E-state index contributed by atoms with van der Waals surface area (Å²) in [5, 5.41) is 3.74. The zero-order valence-corrected chi connectivity index (χ0v) is 12.4. The highest BCUT2D eigenvalue weighted by Crippen LogP contribution is 2.27. The van der Waals surface area contributed by atoms with E-state index in [1.807, 2.05) is 19.9 Å². The molecule has 1 saturated carbocycles. The Hall–Kier alpha value is -1.03. The van der Waals surface area contributed by atoms with E-state index < -0.39 is 0 Å². The van der Waals surface area contributed by atoms with Crippen LogP contribution in [-0.4, -0.2) is 28.0 Å². The number of aromatic nitrogens is 2. The van der Waals surface area contributed by atoms with Gasteiger partial charge in [-0.1, -0.05) is 0 Å². The fourth-order valence-electron chi connectivity index (χ4n) is 2.32. The average Bonchev–Trinajstić information content (AvgIpc) is 2.38. The standard InChI is InChI=1S/C14H22ClN3O/c1-10(2)19-14-7-13(17-9-18-14)16-8-11-3-5-12(15)6-4-11/h7,9-12H,3-6,8H2,1-2H3,(H,16,17,18). The van der Waals surface area contributed by atoms with Gasteiger partial charge in [-0.25, -0.2) is 9.97 Å². The van der Waals surface area contributed by atoms with E-state index >= 15 is 0 Å². The predicted molar refractivity (Wildman–Crippen MR) is 77.9 cm³/mol. The second-order valence-corrected chi connectivity index (χ2v) is 6.02. The number of ether oxygens (including phenoxy) is 1. The second kappa shape index (κ2) is 6.94. The van der Waals surface area contributed by atoms with Gasteiger partial charge in [-0.3, -0.25) is 0 Å². The van der Waals surface area contributed by atoms with Crippen LogP contribution in [0.3, 0.4) is 0 Å². The molecule has 1 aliphatic carbocycles. The number of halogens is 1. The SMILES string of the molecule is CC(C)Oc1cc(NCC2CCC(Cl)CC2)ncn1. The first-order valence-corrected chi connectivity index (χ1v) is 7.43. The summed E-state index contributed by atoms with van der Waals surface area (Å²) in [6.07, 6.45) is 6.30. The predicted octanol–water partition coefficient (Wildman–Crippen LogP) is 3.47. The van der Waals surface area contributed by atoms with Gasteiger partial charge in [0.05, 0.1) is 6.10 Å². The Kier molecular flexibility index (Phi) is 5.25. The summed E-state index contributed by atoms with van der Waals surface area (Å²) in [4.78, 5) is 8.31. The van der Waals surface area contributed by atoms with E-state index in [9.17, 15) is 0 Å². The first-order valence-electron chi connectivity index (χ1n) is 7.00. The van der Waals surface area contributed by atoms with Crippen molar-refractivity contribution in [1.29, 1.82) is 0 Å². The van der Waals surface area contributed by atoms with Crippen LogP contribution in [0.15, 0.2) is 12.4 Å². The van der Waals surface area contributed by atoms with Gasteiger partial charge in [0.2, 0.25) is 5.88 Å². The molecule has 0 amide bonds. The molecule has 1 N–H and O–H groups in total. The Bertz CT molecular complexity index is 392. The summed E-state index contributed by atoms with van der Waals surface area (Å²) in [5.74, 6) is 2.15. The molecule has 19 heavy (non-hydrogen) atoms. The summed E-state index contributed by atoms with van der Waals surface area (Å²) in [5.41, 5.74) is 0. The van der Waals surface area contributed by atoms with Gasteiger partial charge in [0.25, 0.3) is 0 Å². The lowest BCUT2D eigenvalue weighted by Crippen LogP contribution is -2.21. The Labute approximate surface area is 119 Å². The molecular formula is C14H22ClN3O. The Morgan fingerprint density at radius 2 is 2.05 bits per heavy atom. The van der Waals surface area contributed by atoms with Gasteiger partial charge in [0.15, 0.2) is 0 Å². The van der Waals surface area contributed by atoms with Gasteiger partial charge < -0.3 is 10.1 Å². The Balaban J connectivity index is 1.82. The van der Waals surface area contributed by atoms with E-state index in [2.05, 4.69) is 15.3 Å². The lowest BCUT2D eigenvalue weighted by Gasteiger charge is -2.25. The van der Waals surface area contributed by atoms with Crippen LogP contribution in [0.4, 0.5) is 5.82 Å². The summed E-state index contributed by atoms with van der Waals surface area (Å²) >= 11 is 6.11. The van der Waals surface area contributed by atoms with Crippen LogP contribution < -0.4 is 10.1 Å². The monoisotopic (exact) mass is 283 g/mol. The number of nitrogens with zero attached hydrogens (tertiary/aromatic N) is 2. The van der Waals surface area contributed by atoms with Crippen molar-refractivity contribution in [3.63, 3.8) is 0 Å². The molecule has 1 aromatic heterocycles. The molecule has 2 rings (SSSR count). The highest BCUT2D eigenvalue weighted by Gasteiger charge is 2.19. The molecular weight excluding hydrogens is 262 g/mol. The van der Waals surface area contributed by atoms with Crippen molar-refractivity contribution in [1.82, 2.24) is 9.97 Å². The van der Waals surface area contributed by atoms with Crippen LogP contribution in [0.1, 0.15) is 39.5 Å². The van der Waals surface area contributed by atoms with Crippen LogP contribution in [-0.2, 0) is 0 Å². The lowest BCUT2D eigenvalue weighted by atomic mass is 9.89. The number of hydrogen-bond acceptors (Lipinski definition) is 4. The molecule has 0 spiro atoms. The molecule has 0 saturated heterocycles. The molecule has 0 aliphatic heterocycles. The topological polar surface area (TPSA) is 47.0 Å². The fraction of sp³-hybridized carbons (Fsp3) is 0.714. The molecule has 1 aliphatic rings. The molecule has 1 fully saturated rings. The van der Waals surface area contributed by atoms with E-state index in [0.717, 1.165) is 25.2 Å². The first-order chi connectivity index (χ1) is 9.13. The van der Waals surface area contributed by atoms with Gasteiger partial charge in [-0.15, -0.1) is 11.6 Å². The summed E-state index contributed by atoms with van der Waals surface area (Å²) in [6.45, 7) is 4.92. The van der Waals surface area contributed by atoms with Crippen LogP contribution in [0.5, 0.6) is 5.88 Å². The number of rotatable bonds is 5. The Morgan fingerprint density at radius 3 is 2.74 bits per heavy atom. The quantitative estimate of drug-likeness (QED) is 0.841. The minimum Gasteiger partial charge on any atom is -0.475 e. The molecule has 0 unspecified atom stereocenters. The molecule has 0 radical (unpaired) electrons. The third-order valence-corrected chi connectivity index (χ3v) is 3.78. The van der Waals surface area contributed by atoms with E-state index in [0.29, 0.717) is 17.2 Å². The van der Waals surface area contributed by atoms with Crippen molar-refractivity contribution >= 4 is 17.4 Å². The highest BCUT2D eigenvalue weighted by atomic mass is 35.5. The zero-order valence-electron chi connectivity index (χ0n) is 11.6. The van der Waals surface area contributed by atoms with Crippen LogP contribution in [0.2, 0.25) is 0 Å². The molecule has 1 heterocycles. The molecule has 1 aromatic rings. The highest BCUT2D eigenvalue weighted by molar-refractivity contribution is 6.20. The van der Waals surface area contributed by atoms with Gasteiger partial charge in [0, 0.05) is 18.0 Å². The smallest absolute Gasteiger partial charge is 0.218 e. The normalized spacial score (nSPS) is 23.4. The summed E-state index contributed by atoms with van der Waals surface area (Å²) in [6, 6.07) is 1.85. The minimum atomic E-state index is 0.127. The lowest BCUT2D eigenvalue weighted by molar-refractivity contribution is 0.232. The van der Waals surface area contributed by atoms with Gasteiger partial charge in [0.1, 0.15) is 12.1 Å². The molecule has 106 valence electrons. The van der Waals surface area contributed by atoms with Crippen LogP contribution >= 0.6 is 11.6 Å². The maximum absolute atomic E-state index is 6.11. The molecule has 0 aromatic carbocycles. The fourth-order valence-corrected chi connectivity index (χ4v) is 2.57. The number of hydrogen-bond donors (Lipinski definition) is 1. The van der Waals surface area contributed by atoms with Crippen LogP contribution in [0, 0.1) is 5.92 Å². The van der Waals surface area contributed by atoms with Crippen molar-refractivity contribution in [3.8, 4) is 5.88 Å². The maximum atomic E-state index is 6.11. The number of nitrogens with one attached hydrogen (secondary N) is 1. The largest absolute Gasteiger partial charge is 0.475 e. The van der Waals surface area contributed by atoms with Gasteiger partial charge in [-0.2, -0.15) is 0 Å².